The van der Waals surface area contributed by atoms with Crippen LogP contribution in [0.4, 0.5) is 0 Å². The molecule has 0 radical (unpaired) electrons. The monoisotopic (exact) mass is 388 g/mol. The molecule has 2 aliphatic rings. The summed E-state index contributed by atoms with van der Waals surface area (Å²) in [5.41, 5.74) is 0. The molecular weight excluding hydrogens is 364 g/mol. The summed E-state index contributed by atoms with van der Waals surface area (Å²) in [6.07, 6.45) is 0. The molecule has 0 aromatic heterocycles. The van der Waals surface area contributed by atoms with Crippen LogP contribution in [0.5, 0.6) is 11.5 Å². The lowest BCUT2D eigenvalue weighted by Crippen LogP contribution is -2.47. The molecule has 0 N–H and O–H groups in total. The molecule has 2 fully saturated rings. The minimum Gasteiger partial charge on any atom is -0.493 e. The van der Waals surface area contributed by atoms with E-state index in [4.69, 9.17) is 14.2 Å². The third-order valence-electron chi connectivity index (χ3n) is 4.22. The third kappa shape index (κ3) is 5.41. The number of benzene rings is 1. The summed E-state index contributed by atoms with van der Waals surface area (Å²) < 4.78 is 16.5. The Hall–Kier alpha value is -1.15. The van der Waals surface area contributed by atoms with Crippen molar-refractivity contribution in [3.8, 4) is 11.5 Å². The normalized spacial score (nSPS) is 20.8. The van der Waals surface area contributed by atoms with Crippen molar-refractivity contribution < 1.29 is 19.0 Å². The molecule has 8 heteroatoms. The molecule has 0 aliphatic carbocycles. The maximum absolute atomic E-state index is 12.6. The van der Waals surface area contributed by atoms with E-state index in [1.165, 1.54) is 0 Å². The van der Waals surface area contributed by atoms with Crippen LogP contribution < -0.4 is 9.47 Å². The number of carbonyl (C=O) groups excluding carboxylic acids is 1. The van der Waals surface area contributed by atoms with Gasteiger partial charge in [0.05, 0.1) is 26.9 Å². The number of hydrogen-bond donors (Lipinski definition) is 0. The summed E-state index contributed by atoms with van der Waals surface area (Å²) in [6, 6.07) is 7.59. The van der Waals surface area contributed by atoms with E-state index < -0.39 is 0 Å². The lowest BCUT2D eigenvalue weighted by molar-refractivity contribution is -0.133. The number of halogens is 1. The van der Waals surface area contributed by atoms with Gasteiger partial charge < -0.3 is 19.1 Å². The van der Waals surface area contributed by atoms with Crippen LogP contribution >= 0.6 is 24.2 Å². The Labute approximate surface area is 159 Å². The fourth-order valence-electron chi connectivity index (χ4n) is 2.88. The highest BCUT2D eigenvalue weighted by atomic mass is 35.5. The summed E-state index contributed by atoms with van der Waals surface area (Å²) in [4.78, 5) is 16.7. The number of nitrogens with zero attached hydrogens (tertiary/aromatic N) is 2. The van der Waals surface area contributed by atoms with E-state index in [0.29, 0.717) is 37.9 Å². The highest BCUT2D eigenvalue weighted by molar-refractivity contribution is 8.00. The van der Waals surface area contributed by atoms with Crippen molar-refractivity contribution in [1.82, 2.24) is 9.80 Å². The average Bonchev–Trinajstić information content (AvgIpc) is 3.10. The topological polar surface area (TPSA) is 51.2 Å². The van der Waals surface area contributed by atoms with Gasteiger partial charge >= 0.3 is 0 Å². The van der Waals surface area contributed by atoms with Gasteiger partial charge in [0, 0.05) is 25.4 Å². The van der Waals surface area contributed by atoms with Crippen molar-refractivity contribution in [2.75, 3.05) is 58.9 Å². The predicted molar refractivity (Wildman–Crippen MR) is 101 cm³/mol. The molecule has 0 bridgehead atoms. The molecule has 2 saturated heterocycles. The second-order valence-electron chi connectivity index (χ2n) is 5.76. The minimum atomic E-state index is 0. The number of carbonyl (C=O) groups is 1. The van der Waals surface area contributed by atoms with Crippen LogP contribution in [0.1, 0.15) is 0 Å². The Kier molecular flexibility index (Phi) is 8.15. The molecule has 25 heavy (non-hydrogen) atoms. The third-order valence-corrected chi connectivity index (χ3v) is 5.42. The van der Waals surface area contributed by atoms with Crippen LogP contribution in [0, 0.1) is 0 Å². The number of hydrogen-bond acceptors (Lipinski definition) is 6. The fourth-order valence-corrected chi connectivity index (χ4v) is 4.03. The standard InChI is InChI=1S/C17H24N2O4S.ClH/c1-21-14-4-2-3-5-15(14)23-13-17-19(8-11-24-17)16(20)12-18-6-9-22-10-7-18;/h2-5,17H,6-13H2,1H3;1H. The second-order valence-corrected chi connectivity index (χ2v) is 7.05. The maximum atomic E-state index is 12.6. The summed E-state index contributed by atoms with van der Waals surface area (Å²) >= 11 is 1.77. The van der Waals surface area contributed by atoms with Gasteiger partial charge in [-0.15, -0.1) is 24.2 Å². The Morgan fingerprint density at radius 3 is 2.68 bits per heavy atom. The van der Waals surface area contributed by atoms with E-state index in [-0.39, 0.29) is 23.7 Å². The Morgan fingerprint density at radius 2 is 1.96 bits per heavy atom. The number of amides is 1. The number of para-hydroxylation sites is 2. The lowest BCUT2D eigenvalue weighted by Gasteiger charge is -2.30. The number of ether oxygens (including phenoxy) is 3. The minimum absolute atomic E-state index is 0. The Morgan fingerprint density at radius 1 is 1.24 bits per heavy atom. The predicted octanol–water partition coefficient (Wildman–Crippen LogP) is 1.73. The van der Waals surface area contributed by atoms with E-state index in [1.54, 1.807) is 18.9 Å². The molecule has 3 rings (SSSR count). The van der Waals surface area contributed by atoms with Gasteiger partial charge in [0.25, 0.3) is 0 Å². The Balaban J connectivity index is 0.00000225. The zero-order valence-electron chi connectivity index (χ0n) is 14.4. The number of methoxy groups -OCH3 is 1. The number of morpholine rings is 1. The molecule has 1 aromatic carbocycles. The molecular formula is C17H25ClN2O4S. The summed E-state index contributed by atoms with van der Waals surface area (Å²) in [5, 5.41) is 0.0588. The summed E-state index contributed by atoms with van der Waals surface area (Å²) in [7, 11) is 1.63. The molecule has 0 saturated carbocycles. The van der Waals surface area contributed by atoms with Gasteiger partial charge in [0.1, 0.15) is 12.0 Å². The van der Waals surface area contributed by atoms with Crippen molar-refractivity contribution >= 4 is 30.1 Å². The highest BCUT2D eigenvalue weighted by Crippen LogP contribution is 2.29. The molecule has 1 amide bonds. The van der Waals surface area contributed by atoms with Gasteiger partial charge in [0.2, 0.25) is 5.91 Å². The molecule has 2 heterocycles. The SMILES string of the molecule is COc1ccccc1OCC1SCCN1C(=O)CN1CCOCC1.Cl. The molecule has 2 aliphatic heterocycles. The van der Waals surface area contributed by atoms with Gasteiger partial charge in [-0.3, -0.25) is 9.69 Å². The van der Waals surface area contributed by atoms with Crippen LogP contribution in [0.25, 0.3) is 0 Å². The van der Waals surface area contributed by atoms with Crippen LogP contribution in [-0.2, 0) is 9.53 Å². The van der Waals surface area contributed by atoms with E-state index in [1.807, 2.05) is 29.2 Å². The van der Waals surface area contributed by atoms with Crippen LogP contribution in [0.2, 0.25) is 0 Å². The van der Waals surface area contributed by atoms with E-state index in [0.717, 1.165) is 25.4 Å². The van der Waals surface area contributed by atoms with Crippen LogP contribution in [0.3, 0.4) is 0 Å². The van der Waals surface area contributed by atoms with Crippen molar-refractivity contribution in [1.29, 1.82) is 0 Å². The first-order chi connectivity index (χ1) is 11.8. The zero-order chi connectivity index (χ0) is 16.8. The van der Waals surface area contributed by atoms with Crippen molar-refractivity contribution in [3.05, 3.63) is 24.3 Å². The number of rotatable bonds is 6. The van der Waals surface area contributed by atoms with Crippen LogP contribution in [0.15, 0.2) is 24.3 Å². The summed E-state index contributed by atoms with van der Waals surface area (Å²) in [6.45, 7) is 4.80. The Bertz CT molecular complexity index is 557. The first-order valence-electron chi connectivity index (χ1n) is 8.25. The fraction of sp³-hybridized carbons (Fsp3) is 0.588. The zero-order valence-corrected chi connectivity index (χ0v) is 16.0. The maximum Gasteiger partial charge on any atom is 0.237 e. The average molecular weight is 389 g/mol. The molecule has 0 spiro atoms. The molecule has 1 aromatic rings. The largest absolute Gasteiger partial charge is 0.493 e. The molecule has 1 unspecified atom stereocenters. The quantitative estimate of drug-likeness (QED) is 0.739. The second kappa shape index (κ2) is 10.1. The first kappa shape index (κ1) is 20.2. The first-order valence-corrected chi connectivity index (χ1v) is 9.30. The van der Waals surface area contributed by atoms with E-state index >= 15 is 0 Å². The van der Waals surface area contributed by atoms with Crippen LogP contribution in [-0.4, -0.2) is 79.9 Å². The van der Waals surface area contributed by atoms with Crippen molar-refractivity contribution in [2.45, 2.75) is 5.37 Å². The van der Waals surface area contributed by atoms with Gasteiger partial charge in [-0.05, 0) is 12.1 Å². The summed E-state index contributed by atoms with van der Waals surface area (Å²) in [5.74, 6) is 2.56. The van der Waals surface area contributed by atoms with Gasteiger partial charge in [-0.25, -0.2) is 0 Å². The lowest BCUT2D eigenvalue weighted by atomic mass is 10.3. The smallest absolute Gasteiger partial charge is 0.237 e. The molecule has 140 valence electrons. The van der Waals surface area contributed by atoms with E-state index in [9.17, 15) is 4.79 Å². The molecule has 6 nitrogen and oxygen atoms in total. The molecule has 1 atom stereocenters. The van der Waals surface area contributed by atoms with Gasteiger partial charge in [0.15, 0.2) is 11.5 Å². The van der Waals surface area contributed by atoms with Crippen molar-refractivity contribution in [3.63, 3.8) is 0 Å². The number of thioether (sulfide) groups is 1. The van der Waals surface area contributed by atoms with Gasteiger partial charge in [-0.1, -0.05) is 12.1 Å². The van der Waals surface area contributed by atoms with Crippen molar-refractivity contribution in [2.24, 2.45) is 0 Å². The van der Waals surface area contributed by atoms with E-state index in [2.05, 4.69) is 4.90 Å². The van der Waals surface area contributed by atoms with Gasteiger partial charge in [-0.2, -0.15) is 0 Å². The highest BCUT2D eigenvalue weighted by Gasteiger charge is 2.31.